The molecular weight excluding hydrogens is 920 g/mol. The third-order valence-corrected chi connectivity index (χ3v) is 14.7. The molecule has 0 spiro atoms. The zero-order valence-electron chi connectivity index (χ0n) is 42.6. The number of aliphatic hydroxyl groups excluding tert-OH is 1. The number of nitrogens with zero attached hydrogens (tertiary/aromatic N) is 2. The highest BCUT2D eigenvalue weighted by Gasteiger charge is 2.58. The zero-order chi connectivity index (χ0) is 51.3. The number of cyclic esters (lactones) is 1. The number of ether oxygens (including phenoxy) is 9. The lowest BCUT2D eigenvalue weighted by Crippen LogP contribution is -2.61. The Balaban J connectivity index is 1.47. The summed E-state index contributed by atoms with van der Waals surface area (Å²) in [5.41, 5.74) is 1.02. The number of hydrogen-bond donors (Lipinski definition) is 4. The fourth-order valence-corrected chi connectivity index (χ4v) is 10.7. The van der Waals surface area contributed by atoms with Gasteiger partial charge < -0.3 is 57.7 Å². The number of fused-ring (bicyclic) bond motifs is 1. The smallest absolute Gasteiger partial charge is 0.458 e. The zero-order valence-corrected chi connectivity index (χ0v) is 43.4. The SMILES string of the molecule is CC[C@H]1OC(=O)[C@@H](C)[C@H](O[C@H]2C[C@@](C)(OC)[C@@H](OC(=O)NNC(=O)/C=C/c3ccc(Cl)cc3)[C@H](C)O2)[C@@H](C)[C@H](O[C@H]2O[C@@H](C)C[C@@H](N(C)C)[C@@H]2O)[C@@](C)(O)C[C@H](C)CN(C)[C@@H](C)[C@@H]2OC(=O)O[C@@]12C. The number of halogens is 1. The number of hydrogen-bond acceptors (Lipinski definition) is 17. The quantitative estimate of drug-likeness (QED) is 0.102. The van der Waals surface area contributed by atoms with E-state index < -0.39 is 114 Å². The van der Waals surface area contributed by atoms with Crippen LogP contribution < -0.4 is 10.9 Å². The number of likely N-dealkylation sites (N-methyl/N-ethyl adjacent to an activating group) is 2. The average Bonchev–Trinajstić information content (AvgIpc) is 3.59. The fraction of sp³-hybridized carbons (Fsp3) is 0.755. The van der Waals surface area contributed by atoms with Crippen LogP contribution in [-0.2, 0) is 52.2 Å². The van der Waals surface area contributed by atoms with Crippen molar-refractivity contribution in [3.05, 3.63) is 40.9 Å². The lowest BCUT2D eigenvalue weighted by Gasteiger charge is -2.49. The maximum atomic E-state index is 14.7. The van der Waals surface area contributed by atoms with Gasteiger partial charge in [-0.3, -0.25) is 19.9 Å². The van der Waals surface area contributed by atoms with Crippen molar-refractivity contribution in [1.82, 2.24) is 20.7 Å². The molecule has 4 aliphatic rings. The molecule has 4 saturated heterocycles. The first kappa shape index (κ1) is 56.3. The second kappa shape index (κ2) is 23.3. The first-order valence-corrected chi connectivity index (χ1v) is 24.4. The van der Waals surface area contributed by atoms with Gasteiger partial charge >= 0.3 is 18.2 Å². The van der Waals surface area contributed by atoms with E-state index in [9.17, 15) is 29.4 Å². The van der Waals surface area contributed by atoms with Crippen molar-refractivity contribution in [3.8, 4) is 0 Å². The summed E-state index contributed by atoms with van der Waals surface area (Å²) in [6, 6.07) is 6.10. The van der Waals surface area contributed by atoms with E-state index in [4.69, 9.17) is 54.2 Å². The van der Waals surface area contributed by atoms with E-state index in [2.05, 4.69) is 10.9 Å². The largest absolute Gasteiger partial charge is 0.509 e. The maximum Gasteiger partial charge on any atom is 0.509 e. The number of carbonyl (C=O) groups is 4. The molecule has 0 aliphatic carbocycles. The van der Waals surface area contributed by atoms with E-state index in [0.717, 1.165) is 5.56 Å². The minimum absolute atomic E-state index is 0.0206. The third kappa shape index (κ3) is 13.5. The van der Waals surface area contributed by atoms with Gasteiger partial charge in [0.2, 0.25) is 0 Å². The lowest BCUT2D eigenvalue weighted by molar-refractivity contribution is -0.317. The molecule has 0 saturated carbocycles. The molecule has 4 N–H and O–H groups in total. The average molecular weight is 998 g/mol. The number of nitrogens with one attached hydrogen (secondary N) is 2. The number of carbonyl (C=O) groups excluding carboxylic acids is 4. The molecule has 4 heterocycles. The summed E-state index contributed by atoms with van der Waals surface area (Å²) in [5.74, 6) is -3.43. The van der Waals surface area contributed by atoms with Crippen molar-refractivity contribution in [2.24, 2.45) is 17.8 Å². The Morgan fingerprint density at radius 3 is 2.26 bits per heavy atom. The molecule has 0 aromatic heterocycles. The van der Waals surface area contributed by atoms with E-state index in [1.54, 1.807) is 71.9 Å². The summed E-state index contributed by atoms with van der Waals surface area (Å²) < 4.78 is 56.2. The molecule has 1 aromatic rings. The van der Waals surface area contributed by atoms with Gasteiger partial charge in [0.05, 0.1) is 35.9 Å². The normalized spacial score (nSPS) is 40.7. The highest BCUT2D eigenvalue weighted by Crippen LogP contribution is 2.42. The topological polar surface area (TPSA) is 222 Å². The molecule has 4 fully saturated rings. The molecule has 69 heavy (non-hydrogen) atoms. The summed E-state index contributed by atoms with van der Waals surface area (Å²) in [6.45, 7) is 18.3. The standard InChI is InChI=1S/C49H77ClN4O15/c1-15-35-49(10)41(68-46(59)69-49)30(6)54(13)25-26(2)23-47(8,60)40(66-44-38(56)34(53(11)12)22-27(3)62-44)28(4)39(29(5)43(57)64-35)65-37-24-48(9,61-14)42(31(7)63-37)67-45(58)52-51-36(55)21-18-32-16-19-33(50)20-17-32/h16-21,26-31,34-35,37-42,44,56,60H,15,22-25H2,1-14H3,(H,51,55)(H,52,58)/b21-18+/t26-,27-,28+,29-,30-,31-,34+,35+,37-,38-,39+,40-,41-,42-,44+,47-,48+,49-/m0/s1. The minimum Gasteiger partial charge on any atom is -0.458 e. The molecule has 1 aromatic carbocycles. The summed E-state index contributed by atoms with van der Waals surface area (Å²) >= 11 is 5.95. The van der Waals surface area contributed by atoms with Gasteiger partial charge in [0.15, 0.2) is 30.4 Å². The number of amides is 2. The first-order valence-electron chi connectivity index (χ1n) is 24.0. The van der Waals surface area contributed by atoms with Gasteiger partial charge in [-0.2, -0.15) is 0 Å². The van der Waals surface area contributed by atoms with Crippen LogP contribution in [0.2, 0.25) is 5.02 Å². The van der Waals surface area contributed by atoms with Gasteiger partial charge in [-0.15, -0.1) is 0 Å². The van der Waals surface area contributed by atoms with Crippen LogP contribution in [0.15, 0.2) is 30.3 Å². The van der Waals surface area contributed by atoms with Crippen molar-refractivity contribution >= 4 is 41.8 Å². The molecule has 18 atom stereocenters. The Morgan fingerprint density at radius 2 is 1.64 bits per heavy atom. The monoisotopic (exact) mass is 997 g/mol. The van der Waals surface area contributed by atoms with E-state index in [1.165, 1.54) is 13.2 Å². The number of esters is 1. The van der Waals surface area contributed by atoms with Crippen LogP contribution in [0.4, 0.5) is 9.59 Å². The minimum atomic E-state index is -1.63. The van der Waals surface area contributed by atoms with E-state index >= 15 is 0 Å². The van der Waals surface area contributed by atoms with Crippen molar-refractivity contribution < 1.29 is 72.0 Å². The van der Waals surface area contributed by atoms with Crippen LogP contribution in [0, 0.1) is 17.8 Å². The summed E-state index contributed by atoms with van der Waals surface area (Å²) in [7, 11) is 7.09. The molecule has 0 bridgehead atoms. The molecule has 2 amide bonds. The Bertz CT molecular complexity index is 1940. The molecule has 19 nitrogen and oxygen atoms in total. The second-order valence-electron chi connectivity index (χ2n) is 20.4. The van der Waals surface area contributed by atoms with Gasteiger partial charge in [0.25, 0.3) is 5.91 Å². The van der Waals surface area contributed by atoms with Crippen molar-refractivity contribution in [1.29, 1.82) is 0 Å². The highest BCUT2D eigenvalue weighted by molar-refractivity contribution is 6.30. The van der Waals surface area contributed by atoms with Crippen molar-refractivity contribution in [2.75, 3.05) is 34.8 Å². The molecule has 0 radical (unpaired) electrons. The number of benzene rings is 1. The Morgan fingerprint density at radius 1 is 0.971 bits per heavy atom. The van der Waals surface area contributed by atoms with Gasteiger partial charge in [-0.05, 0) is 119 Å². The fourth-order valence-electron chi connectivity index (χ4n) is 10.6. The number of methoxy groups -OCH3 is 1. The number of aliphatic hydroxyl groups is 2. The Labute approximate surface area is 412 Å². The predicted octanol–water partition coefficient (Wildman–Crippen LogP) is 5.21. The Hall–Kier alpha value is -3.63. The lowest BCUT2D eigenvalue weighted by atomic mass is 9.77. The van der Waals surface area contributed by atoms with Crippen LogP contribution in [0.25, 0.3) is 6.08 Å². The van der Waals surface area contributed by atoms with Crippen LogP contribution in [-0.4, -0.2) is 169 Å². The summed E-state index contributed by atoms with van der Waals surface area (Å²) in [4.78, 5) is 57.2. The molecule has 5 rings (SSSR count). The highest BCUT2D eigenvalue weighted by atomic mass is 35.5. The van der Waals surface area contributed by atoms with E-state index in [1.807, 2.05) is 58.6 Å². The first-order chi connectivity index (χ1) is 32.2. The van der Waals surface area contributed by atoms with Crippen LogP contribution in [0.5, 0.6) is 0 Å². The number of rotatable bonds is 10. The van der Waals surface area contributed by atoms with Crippen LogP contribution >= 0.6 is 11.6 Å². The van der Waals surface area contributed by atoms with Gasteiger partial charge in [-0.25, -0.2) is 15.0 Å². The van der Waals surface area contributed by atoms with Crippen molar-refractivity contribution in [2.45, 2.75) is 185 Å². The Kier molecular flexibility index (Phi) is 19.0. The van der Waals surface area contributed by atoms with Gasteiger partial charge in [0.1, 0.15) is 17.8 Å². The molecule has 20 heteroatoms. The second-order valence-corrected chi connectivity index (χ2v) is 20.9. The molecule has 0 unspecified atom stereocenters. The van der Waals surface area contributed by atoms with Crippen LogP contribution in [0.3, 0.4) is 0 Å². The van der Waals surface area contributed by atoms with E-state index in [0.29, 0.717) is 18.0 Å². The van der Waals surface area contributed by atoms with Gasteiger partial charge in [0, 0.05) is 49.2 Å². The van der Waals surface area contributed by atoms with Crippen LogP contribution in [0.1, 0.15) is 100 Å². The van der Waals surface area contributed by atoms with E-state index in [-0.39, 0.29) is 37.3 Å². The maximum absolute atomic E-state index is 14.7. The molecule has 390 valence electrons. The molecular formula is C49H77ClN4O15. The van der Waals surface area contributed by atoms with Crippen molar-refractivity contribution in [3.63, 3.8) is 0 Å². The summed E-state index contributed by atoms with van der Waals surface area (Å²) in [5, 5.41) is 25.1. The predicted molar refractivity (Wildman–Crippen MR) is 253 cm³/mol. The summed E-state index contributed by atoms with van der Waals surface area (Å²) in [6.07, 6.45) is -7.69. The van der Waals surface area contributed by atoms with Gasteiger partial charge in [-0.1, -0.05) is 44.5 Å². The number of hydrazine groups is 1. The third-order valence-electron chi connectivity index (χ3n) is 14.4. The molecule has 4 aliphatic heterocycles.